The van der Waals surface area contributed by atoms with Gasteiger partial charge in [0.1, 0.15) is 10.1 Å². The van der Waals surface area contributed by atoms with Crippen molar-refractivity contribution in [3.05, 3.63) is 58.7 Å². The van der Waals surface area contributed by atoms with Gasteiger partial charge >= 0.3 is 0 Å². The van der Waals surface area contributed by atoms with Gasteiger partial charge in [-0.2, -0.15) is 0 Å². The van der Waals surface area contributed by atoms with Gasteiger partial charge in [0, 0.05) is 18.4 Å². The van der Waals surface area contributed by atoms with Crippen LogP contribution in [-0.4, -0.2) is 21.7 Å². The van der Waals surface area contributed by atoms with Crippen LogP contribution in [0.3, 0.4) is 0 Å². The van der Waals surface area contributed by atoms with Gasteiger partial charge in [-0.3, -0.25) is 9.69 Å². The molecule has 6 heteroatoms. The van der Waals surface area contributed by atoms with Gasteiger partial charge in [0.25, 0.3) is 5.91 Å². The summed E-state index contributed by atoms with van der Waals surface area (Å²) in [6, 6.07) is 14.1. The number of thioether (sulfide) groups is 2. The first-order chi connectivity index (χ1) is 11.2. The quantitative estimate of drug-likeness (QED) is 0.434. The zero-order valence-electron chi connectivity index (χ0n) is 12.5. The summed E-state index contributed by atoms with van der Waals surface area (Å²) in [5.41, 5.74) is 1.25. The summed E-state index contributed by atoms with van der Waals surface area (Å²) in [5.74, 6) is 1.49. The monoisotopic (exact) mass is 361 g/mol. The van der Waals surface area contributed by atoms with Crippen LogP contribution in [0.4, 0.5) is 0 Å². The number of furan rings is 1. The van der Waals surface area contributed by atoms with Crippen LogP contribution in [0.1, 0.15) is 18.2 Å². The van der Waals surface area contributed by atoms with Gasteiger partial charge in [-0.25, -0.2) is 0 Å². The maximum absolute atomic E-state index is 12.2. The maximum atomic E-state index is 12.2. The van der Waals surface area contributed by atoms with Crippen LogP contribution >= 0.6 is 35.7 Å². The van der Waals surface area contributed by atoms with E-state index in [4.69, 9.17) is 16.6 Å². The van der Waals surface area contributed by atoms with E-state index in [1.807, 2.05) is 37.3 Å². The third-order valence-electron chi connectivity index (χ3n) is 3.29. The molecule has 1 aliphatic rings. The molecule has 1 aromatic heterocycles. The van der Waals surface area contributed by atoms with E-state index in [-0.39, 0.29) is 5.91 Å². The van der Waals surface area contributed by atoms with E-state index in [9.17, 15) is 4.79 Å². The molecule has 23 heavy (non-hydrogen) atoms. The number of likely N-dealkylation sites (N-methyl/N-ethyl adjacent to an activating group) is 1. The summed E-state index contributed by atoms with van der Waals surface area (Å²) in [7, 11) is 0. The molecule has 1 fully saturated rings. The van der Waals surface area contributed by atoms with E-state index in [1.54, 1.807) is 22.7 Å². The van der Waals surface area contributed by atoms with Gasteiger partial charge in [0.15, 0.2) is 5.09 Å². The first-order valence-corrected chi connectivity index (χ1v) is 9.40. The minimum absolute atomic E-state index is 0.0441. The highest BCUT2D eigenvalue weighted by atomic mass is 32.2. The molecule has 118 valence electrons. The van der Waals surface area contributed by atoms with Crippen LogP contribution in [0.2, 0.25) is 0 Å². The maximum Gasteiger partial charge on any atom is 0.266 e. The zero-order valence-corrected chi connectivity index (χ0v) is 15.0. The fourth-order valence-corrected chi connectivity index (χ4v) is 4.31. The van der Waals surface area contributed by atoms with Crippen LogP contribution in [0.15, 0.2) is 56.9 Å². The molecule has 0 unspecified atom stereocenters. The molecule has 1 amide bonds. The number of hydrogen-bond acceptors (Lipinski definition) is 5. The number of hydrogen-bond donors (Lipinski definition) is 0. The second-order valence-corrected chi connectivity index (χ2v) is 7.51. The highest BCUT2D eigenvalue weighted by Gasteiger charge is 2.30. The van der Waals surface area contributed by atoms with Crippen molar-refractivity contribution < 1.29 is 9.21 Å². The number of carbonyl (C=O) groups excluding carboxylic acids is 1. The molecule has 0 aliphatic carbocycles. The molecule has 3 nitrogen and oxygen atoms in total. The van der Waals surface area contributed by atoms with Crippen molar-refractivity contribution in [2.45, 2.75) is 17.8 Å². The molecule has 0 radical (unpaired) electrons. The fraction of sp³-hybridized carbons (Fsp3) is 0.176. The molecular weight excluding hydrogens is 346 g/mol. The third kappa shape index (κ3) is 3.88. The number of rotatable bonds is 5. The minimum atomic E-state index is -0.0441. The second kappa shape index (κ2) is 7.38. The van der Waals surface area contributed by atoms with Gasteiger partial charge in [0.2, 0.25) is 0 Å². The Kier molecular flexibility index (Phi) is 5.25. The molecule has 0 N–H and O–H groups in total. The van der Waals surface area contributed by atoms with Crippen molar-refractivity contribution >= 4 is 52.0 Å². The van der Waals surface area contributed by atoms with Gasteiger partial charge in [-0.15, -0.1) is 0 Å². The number of carbonyl (C=O) groups is 1. The second-order valence-electron chi connectivity index (χ2n) is 4.86. The Hall–Kier alpha value is -1.50. The lowest BCUT2D eigenvalue weighted by atomic mass is 10.2. The van der Waals surface area contributed by atoms with Crippen molar-refractivity contribution in [1.82, 2.24) is 4.90 Å². The van der Waals surface area contributed by atoms with Crippen LogP contribution in [0, 0.1) is 0 Å². The Labute approximate surface area is 149 Å². The summed E-state index contributed by atoms with van der Waals surface area (Å²) in [6.45, 7) is 2.51. The SMILES string of the molecule is CCN1C(=O)/C(=C/c2ccc(SCc3ccccc3)o2)SC1=S. The normalized spacial score (nSPS) is 16.6. The van der Waals surface area contributed by atoms with Gasteiger partial charge in [-0.1, -0.05) is 66.1 Å². The lowest BCUT2D eigenvalue weighted by Crippen LogP contribution is -2.27. The molecule has 0 atom stereocenters. The molecule has 1 aromatic carbocycles. The predicted octanol–water partition coefficient (Wildman–Crippen LogP) is 4.79. The molecular formula is C17H15NO2S3. The molecule has 3 rings (SSSR count). The molecule has 2 aromatic rings. The number of thiocarbonyl (C=S) groups is 1. The highest BCUT2D eigenvalue weighted by Crippen LogP contribution is 2.33. The van der Waals surface area contributed by atoms with Crippen molar-refractivity contribution in [3.63, 3.8) is 0 Å². The first-order valence-electron chi connectivity index (χ1n) is 7.19. The molecule has 0 saturated carbocycles. The Balaban J connectivity index is 1.67. The van der Waals surface area contributed by atoms with Crippen molar-refractivity contribution in [2.75, 3.05) is 6.54 Å². The van der Waals surface area contributed by atoms with E-state index < -0.39 is 0 Å². The molecule has 0 bridgehead atoms. The van der Waals surface area contributed by atoms with E-state index >= 15 is 0 Å². The van der Waals surface area contributed by atoms with Crippen molar-refractivity contribution in [1.29, 1.82) is 0 Å². The first kappa shape index (κ1) is 16.4. The van der Waals surface area contributed by atoms with Gasteiger partial charge in [-0.05, 0) is 24.6 Å². The Morgan fingerprint density at radius 1 is 1.26 bits per heavy atom. The number of amides is 1. The van der Waals surface area contributed by atoms with E-state index in [1.165, 1.54) is 17.3 Å². The van der Waals surface area contributed by atoms with Crippen LogP contribution in [0.25, 0.3) is 6.08 Å². The number of benzene rings is 1. The van der Waals surface area contributed by atoms with Crippen LogP contribution in [-0.2, 0) is 10.5 Å². The standard InChI is InChI=1S/C17H15NO2S3/c1-2-18-16(19)14(23-17(18)21)10-13-8-9-15(20-13)22-11-12-6-4-3-5-7-12/h3-10H,2,11H2,1H3/b14-10-. The summed E-state index contributed by atoms with van der Waals surface area (Å²) < 4.78 is 6.38. The smallest absolute Gasteiger partial charge is 0.266 e. The average Bonchev–Trinajstić information content (AvgIpc) is 3.11. The third-order valence-corrected chi connectivity index (χ3v) is 5.65. The molecule has 0 spiro atoms. The van der Waals surface area contributed by atoms with Crippen LogP contribution in [0.5, 0.6) is 0 Å². The highest BCUT2D eigenvalue weighted by molar-refractivity contribution is 8.26. The lowest BCUT2D eigenvalue weighted by Gasteiger charge is -2.09. The molecule has 1 aliphatic heterocycles. The predicted molar refractivity (Wildman–Crippen MR) is 100 cm³/mol. The van der Waals surface area contributed by atoms with E-state index in [2.05, 4.69) is 12.1 Å². The number of nitrogens with zero attached hydrogens (tertiary/aromatic N) is 1. The lowest BCUT2D eigenvalue weighted by molar-refractivity contribution is -0.121. The summed E-state index contributed by atoms with van der Waals surface area (Å²) in [5, 5.41) is 0.839. The summed E-state index contributed by atoms with van der Waals surface area (Å²) in [6.07, 6.45) is 1.77. The van der Waals surface area contributed by atoms with Gasteiger partial charge in [0.05, 0.1) is 4.91 Å². The fourth-order valence-electron chi connectivity index (χ4n) is 2.12. The zero-order chi connectivity index (χ0) is 16.2. The van der Waals surface area contributed by atoms with Crippen molar-refractivity contribution in [3.8, 4) is 0 Å². The van der Waals surface area contributed by atoms with E-state index in [0.29, 0.717) is 21.5 Å². The average molecular weight is 362 g/mol. The summed E-state index contributed by atoms with van der Waals surface area (Å²) in [4.78, 5) is 14.4. The Bertz CT molecular complexity index is 752. The summed E-state index contributed by atoms with van der Waals surface area (Å²) >= 11 is 8.16. The largest absolute Gasteiger partial charge is 0.450 e. The van der Waals surface area contributed by atoms with Crippen LogP contribution < -0.4 is 0 Å². The Morgan fingerprint density at radius 3 is 2.74 bits per heavy atom. The van der Waals surface area contributed by atoms with Crippen molar-refractivity contribution in [2.24, 2.45) is 0 Å². The molecule has 2 heterocycles. The molecule has 1 saturated heterocycles. The Morgan fingerprint density at radius 2 is 2.04 bits per heavy atom. The van der Waals surface area contributed by atoms with E-state index in [0.717, 1.165) is 10.8 Å². The van der Waals surface area contributed by atoms with Gasteiger partial charge < -0.3 is 4.42 Å². The minimum Gasteiger partial charge on any atom is -0.450 e. The topological polar surface area (TPSA) is 33.5 Å².